The minimum absolute atomic E-state index is 0.00749. The van der Waals surface area contributed by atoms with E-state index in [1.165, 1.54) is 12.1 Å². The number of anilines is 1. The minimum atomic E-state index is -0.543. The van der Waals surface area contributed by atoms with Gasteiger partial charge in [0.1, 0.15) is 11.6 Å². The van der Waals surface area contributed by atoms with Crippen LogP contribution in [-0.2, 0) is 4.79 Å². The van der Waals surface area contributed by atoms with Crippen molar-refractivity contribution in [2.45, 2.75) is 13.0 Å². The molecule has 1 aliphatic rings. The van der Waals surface area contributed by atoms with Crippen molar-refractivity contribution in [3.8, 4) is 5.75 Å². The van der Waals surface area contributed by atoms with E-state index < -0.39 is 6.10 Å². The Morgan fingerprint density at radius 1 is 0.929 bits per heavy atom. The number of hydrogen-bond acceptors (Lipinski definition) is 3. The highest BCUT2D eigenvalue weighted by Crippen LogP contribution is 2.22. The third kappa shape index (κ3) is 3.93. The van der Waals surface area contributed by atoms with E-state index in [-0.39, 0.29) is 11.7 Å². The zero-order valence-electron chi connectivity index (χ0n) is 15.8. The molecule has 0 radical (unpaired) electrons. The average molecular weight is 378 g/mol. The van der Waals surface area contributed by atoms with Crippen LogP contribution in [-0.4, -0.2) is 43.1 Å². The number of benzene rings is 3. The predicted molar refractivity (Wildman–Crippen MR) is 109 cm³/mol. The number of carbonyl (C=O) groups excluding carboxylic acids is 1. The Morgan fingerprint density at radius 3 is 2.32 bits per heavy atom. The number of amides is 1. The fourth-order valence-electron chi connectivity index (χ4n) is 3.59. The van der Waals surface area contributed by atoms with Crippen molar-refractivity contribution in [2.75, 3.05) is 31.1 Å². The summed E-state index contributed by atoms with van der Waals surface area (Å²) in [5.74, 6) is 0.452. The first-order chi connectivity index (χ1) is 13.6. The highest BCUT2D eigenvalue weighted by molar-refractivity contribution is 5.84. The lowest BCUT2D eigenvalue weighted by Crippen LogP contribution is -2.52. The highest BCUT2D eigenvalue weighted by atomic mass is 19.1. The molecule has 1 atom stereocenters. The van der Waals surface area contributed by atoms with Gasteiger partial charge in [0.25, 0.3) is 5.91 Å². The molecule has 4 nitrogen and oxygen atoms in total. The summed E-state index contributed by atoms with van der Waals surface area (Å²) in [5, 5.41) is 2.23. The molecular formula is C23H23FN2O2. The van der Waals surface area contributed by atoms with E-state index in [0.29, 0.717) is 18.8 Å². The fourth-order valence-corrected chi connectivity index (χ4v) is 3.59. The normalized spacial score (nSPS) is 15.5. The van der Waals surface area contributed by atoms with Gasteiger partial charge in [0.05, 0.1) is 0 Å². The molecule has 1 aliphatic heterocycles. The van der Waals surface area contributed by atoms with Gasteiger partial charge >= 0.3 is 0 Å². The van der Waals surface area contributed by atoms with E-state index in [9.17, 15) is 9.18 Å². The zero-order chi connectivity index (χ0) is 19.5. The van der Waals surface area contributed by atoms with Crippen LogP contribution in [0, 0.1) is 5.82 Å². The highest BCUT2D eigenvalue weighted by Gasteiger charge is 2.26. The second-order valence-electron chi connectivity index (χ2n) is 7.06. The van der Waals surface area contributed by atoms with Gasteiger partial charge in [-0.2, -0.15) is 0 Å². The monoisotopic (exact) mass is 378 g/mol. The first-order valence-corrected chi connectivity index (χ1v) is 9.55. The molecule has 4 rings (SSSR count). The van der Waals surface area contributed by atoms with E-state index in [4.69, 9.17) is 4.74 Å². The summed E-state index contributed by atoms with van der Waals surface area (Å²) in [5.41, 5.74) is 0.981. The smallest absolute Gasteiger partial charge is 0.263 e. The van der Waals surface area contributed by atoms with Crippen molar-refractivity contribution in [2.24, 2.45) is 0 Å². The van der Waals surface area contributed by atoms with E-state index in [0.717, 1.165) is 29.5 Å². The zero-order valence-corrected chi connectivity index (χ0v) is 15.8. The van der Waals surface area contributed by atoms with Crippen LogP contribution in [0.1, 0.15) is 6.92 Å². The van der Waals surface area contributed by atoms with Gasteiger partial charge in [0.2, 0.25) is 0 Å². The van der Waals surface area contributed by atoms with Gasteiger partial charge in [-0.3, -0.25) is 4.79 Å². The summed E-state index contributed by atoms with van der Waals surface area (Å²) >= 11 is 0. The van der Waals surface area contributed by atoms with Crippen LogP contribution in [0.15, 0.2) is 66.7 Å². The molecule has 28 heavy (non-hydrogen) atoms. The van der Waals surface area contributed by atoms with Crippen molar-refractivity contribution in [1.82, 2.24) is 4.90 Å². The molecule has 0 unspecified atom stereocenters. The standard InChI is InChI=1S/C23H23FN2O2/c1-17(28-22-11-6-18-4-2-3-5-19(18)16-22)23(27)26-14-12-25(13-15-26)21-9-7-20(24)8-10-21/h2-11,16-17H,12-15H2,1H3/t17-/m0/s1. The second-order valence-corrected chi connectivity index (χ2v) is 7.06. The van der Waals surface area contributed by atoms with Crippen LogP contribution in [0.25, 0.3) is 10.8 Å². The van der Waals surface area contributed by atoms with Crippen LogP contribution < -0.4 is 9.64 Å². The summed E-state index contributed by atoms with van der Waals surface area (Å²) < 4.78 is 19.0. The SMILES string of the molecule is C[C@H](Oc1ccc2ccccc2c1)C(=O)N1CCN(c2ccc(F)cc2)CC1. The average Bonchev–Trinajstić information content (AvgIpc) is 2.74. The number of nitrogens with zero attached hydrogens (tertiary/aromatic N) is 2. The summed E-state index contributed by atoms with van der Waals surface area (Å²) in [7, 11) is 0. The Bertz CT molecular complexity index is 966. The summed E-state index contributed by atoms with van der Waals surface area (Å²) in [6.45, 7) is 4.49. The van der Waals surface area contributed by atoms with Gasteiger partial charge in [0.15, 0.2) is 6.10 Å². The quantitative estimate of drug-likeness (QED) is 0.685. The molecule has 0 saturated carbocycles. The summed E-state index contributed by atoms with van der Waals surface area (Å²) in [6, 6.07) is 20.4. The number of halogens is 1. The Morgan fingerprint density at radius 2 is 1.61 bits per heavy atom. The molecule has 0 spiro atoms. The number of carbonyl (C=O) groups is 1. The lowest BCUT2D eigenvalue weighted by atomic mass is 10.1. The Hall–Kier alpha value is -3.08. The van der Waals surface area contributed by atoms with E-state index >= 15 is 0 Å². The van der Waals surface area contributed by atoms with Gasteiger partial charge in [-0.25, -0.2) is 4.39 Å². The number of piperazine rings is 1. The number of rotatable bonds is 4. The lowest BCUT2D eigenvalue weighted by Gasteiger charge is -2.37. The van der Waals surface area contributed by atoms with Gasteiger partial charge in [-0.1, -0.05) is 30.3 Å². The molecule has 0 aliphatic carbocycles. The molecule has 5 heteroatoms. The second kappa shape index (κ2) is 7.89. The van der Waals surface area contributed by atoms with Gasteiger partial charge in [-0.05, 0) is 54.1 Å². The molecule has 1 amide bonds. The van der Waals surface area contributed by atoms with Crippen molar-refractivity contribution < 1.29 is 13.9 Å². The Kier molecular flexibility index (Phi) is 5.15. The molecule has 0 N–H and O–H groups in total. The summed E-state index contributed by atoms with van der Waals surface area (Å²) in [6.07, 6.45) is -0.543. The molecule has 0 bridgehead atoms. The lowest BCUT2D eigenvalue weighted by molar-refractivity contribution is -0.138. The van der Waals surface area contributed by atoms with Crippen LogP contribution in [0.3, 0.4) is 0 Å². The van der Waals surface area contributed by atoms with Crippen LogP contribution >= 0.6 is 0 Å². The largest absolute Gasteiger partial charge is 0.481 e. The van der Waals surface area contributed by atoms with Gasteiger partial charge < -0.3 is 14.5 Å². The maximum absolute atomic E-state index is 13.1. The topological polar surface area (TPSA) is 32.8 Å². The van der Waals surface area contributed by atoms with Crippen molar-refractivity contribution in [3.63, 3.8) is 0 Å². The molecule has 144 valence electrons. The molecule has 1 saturated heterocycles. The third-order valence-corrected chi connectivity index (χ3v) is 5.16. The van der Waals surface area contributed by atoms with E-state index in [1.807, 2.05) is 47.4 Å². The third-order valence-electron chi connectivity index (χ3n) is 5.16. The number of hydrogen-bond donors (Lipinski definition) is 0. The maximum Gasteiger partial charge on any atom is 0.263 e. The molecular weight excluding hydrogens is 355 g/mol. The minimum Gasteiger partial charge on any atom is -0.481 e. The Labute approximate surface area is 164 Å². The van der Waals surface area contributed by atoms with Crippen molar-refractivity contribution >= 4 is 22.4 Å². The van der Waals surface area contributed by atoms with Crippen molar-refractivity contribution in [1.29, 1.82) is 0 Å². The van der Waals surface area contributed by atoms with E-state index in [2.05, 4.69) is 4.90 Å². The molecule has 1 fully saturated rings. The van der Waals surface area contributed by atoms with E-state index in [1.54, 1.807) is 19.1 Å². The first-order valence-electron chi connectivity index (χ1n) is 9.55. The van der Waals surface area contributed by atoms with Crippen LogP contribution in [0.4, 0.5) is 10.1 Å². The molecule has 3 aromatic carbocycles. The van der Waals surface area contributed by atoms with Crippen molar-refractivity contribution in [3.05, 3.63) is 72.5 Å². The number of fused-ring (bicyclic) bond motifs is 1. The van der Waals surface area contributed by atoms with Gasteiger partial charge in [-0.15, -0.1) is 0 Å². The first kappa shape index (κ1) is 18.3. The predicted octanol–water partition coefficient (Wildman–Crippen LogP) is 4.10. The summed E-state index contributed by atoms with van der Waals surface area (Å²) in [4.78, 5) is 16.8. The number of ether oxygens (including phenoxy) is 1. The fraction of sp³-hybridized carbons (Fsp3) is 0.261. The maximum atomic E-state index is 13.1. The molecule has 0 aromatic heterocycles. The van der Waals surface area contributed by atoms with Crippen LogP contribution in [0.5, 0.6) is 5.75 Å². The van der Waals surface area contributed by atoms with Gasteiger partial charge in [0, 0.05) is 31.9 Å². The molecule has 3 aromatic rings. The van der Waals surface area contributed by atoms with Crippen LogP contribution in [0.2, 0.25) is 0 Å². The molecule has 1 heterocycles. The Balaban J connectivity index is 1.35.